The molecule has 98 valence electrons. The Morgan fingerprint density at radius 3 is 3.00 bits per heavy atom. The van der Waals surface area contributed by atoms with E-state index in [-0.39, 0.29) is 0 Å². The van der Waals surface area contributed by atoms with Crippen LogP contribution in [0.2, 0.25) is 0 Å². The Labute approximate surface area is 109 Å². The molecule has 0 bridgehead atoms. The fraction of sp³-hybridized carbons (Fsp3) is 0.600. The van der Waals surface area contributed by atoms with Crippen molar-refractivity contribution in [2.45, 2.75) is 20.3 Å². The molecule has 18 heavy (non-hydrogen) atoms. The summed E-state index contributed by atoms with van der Waals surface area (Å²) in [6.45, 7) is 9.87. The zero-order valence-corrected chi connectivity index (χ0v) is 11.3. The topological polar surface area (TPSA) is 24.5 Å². The van der Waals surface area contributed by atoms with Gasteiger partial charge in [0.15, 0.2) is 0 Å². The summed E-state index contributed by atoms with van der Waals surface area (Å²) in [6.07, 6.45) is 1.14. The number of ether oxygens (including phenoxy) is 1. The molecule has 1 aromatic rings. The first-order valence-electron chi connectivity index (χ1n) is 6.90. The highest BCUT2D eigenvalue weighted by molar-refractivity contribution is 5.58. The van der Waals surface area contributed by atoms with E-state index in [1.165, 1.54) is 11.3 Å². The van der Waals surface area contributed by atoms with Crippen LogP contribution in [0.3, 0.4) is 0 Å². The maximum absolute atomic E-state index is 5.96. The third-order valence-electron chi connectivity index (χ3n) is 4.04. The molecule has 0 saturated carbocycles. The Bertz CT molecular complexity index is 438. The van der Waals surface area contributed by atoms with Gasteiger partial charge < -0.3 is 15.0 Å². The average Bonchev–Trinajstić information content (AvgIpc) is 2.80. The van der Waals surface area contributed by atoms with Crippen molar-refractivity contribution in [3.8, 4) is 5.75 Å². The van der Waals surface area contributed by atoms with Gasteiger partial charge in [0, 0.05) is 36.8 Å². The average molecular weight is 246 g/mol. The lowest BCUT2D eigenvalue weighted by molar-refractivity contribution is -0.0155. The maximum Gasteiger partial charge on any atom is 0.121 e. The fourth-order valence-electron chi connectivity index (χ4n) is 2.97. The quantitative estimate of drug-likeness (QED) is 0.882. The van der Waals surface area contributed by atoms with Crippen molar-refractivity contribution >= 4 is 5.69 Å². The number of benzene rings is 1. The van der Waals surface area contributed by atoms with E-state index in [0.29, 0.717) is 5.41 Å². The molecule has 0 aromatic heterocycles. The van der Waals surface area contributed by atoms with Crippen molar-refractivity contribution in [3.05, 3.63) is 23.8 Å². The minimum Gasteiger partial charge on any atom is -0.493 e. The number of likely N-dealkylation sites (tertiary alicyclic amines) is 1. The molecule has 0 radical (unpaired) electrons. The van der Waals surface area contributed by atoms with Crippen LogP contribution in [0.4, 0.5) is 5.69 Å². The van der Waals surface area contributed by atoms with E-state index in [0.717, 1.165) is 45.0 Å². The Morgan fingerprint density at radius 2 is 2.22 bits per heavy atom. The van der Waals surface area contributed by atoms with Crippen molar-refractivity contribution < 1.29 is 4.74 Å². The van der Waals surface area contributed by atoms with Gasteiger partial charge in [0.2, 0.25) is 0 Å². The minimum atomic E-state index is 0.336. The summed E-state index contributed by atoms with van der Waals surface area (Å²) >= 11 is 0. The Kier molecular flexibility index (Phi) is 2.94. The number of rotatable bonds is 4. The third-order valence-corrected chi connectivity index (χ3v) is 4.04. The molecule has 1 N–H and O–H groups in total. The van der Waals surface area contributed by atoms with Crippen LogP contribution in [0.1, 0.15) is 19.4 Å². The molecule has 0 aliphatic carbocycles. The number of hydrogen-bond acceptors (Lipinski definition) is 3. The second-order valence-corrected chi connectivity index (χ2v) is 5.90. The molecule has 2 aliphatic heterocycles. The zero-order valence-electron chi connectivity index (χ0n) is 11.3. The summed E-state index contributed by atoms with van der Waals surface area (Å²) in [4.78, 5) is 2.45. The van der Waals surface area contributed by atoms with Gasteiger partial charge in [-0.3, -0.25) is 0 Å². The first-order valence-corrected chi connectivity index (χ1v) is 6.90. The highest BCUT2D eigenvalue weighted by Crippen LogP contribution is 2.32. The largest absolute Gasteiger partial charge is 0.493 e. The van der Waals surface area contributed by atoms with Gasteiger partial charge in [-0.2, -0.15) is 0 Å². The summed E-state index contributed by atoms with van der Waals surface area (Å²) in [5, 5.41) is 3.39. The van der Waals surface area contributed by atoms with Crippen molar-refractivity contribution in [1.29, 1.82) is 0 Å². The molecule has 3 rings (SSSR count). The summed E-state index contributed by atoms with van der Waals surface area (Å²) < 4.78 is 5.96. The second-order valence-electron chi connectivity index (χ2n) is 5.90. The van der Waals surface area contributed by atoms with E-state index in [9.17, 15) is 0 Å². The van der Waals surface area contributed by atoms with Gasteiger partial charge in [-0.25, -0.2) is 0 Å². The van der Waals surface area contributed by atoms with Gasteiger partial charge in [0.25, 0.3) is 0 Å². The van der Waals surface area contributed by atoms with Gasteiger partial charge in [0.05, 0.1) is 6.61 Å². The van der Waals surface area contributed by atoms with Crippen LogP contribution in [0.15, 0.2) is 18.2 Å². The van der Waals surface area contributed by atoms with E-state index in [4.69, 9.17) is 4.74 Å². The molecule has 2 heterocycles. The van der Waals surface area contributed by atoms with Crippen molar-refractivity contribution in [3.63, 3.8) is 0 Å². The highest BCUT2D eigenvalue weighted by atomic mass is 16.5. The van der Waals surface area contributed by atoms with Gasteiger partial charge >= 0.3 is 0 Å². The van der Waals surface area contributed by atoms with Gasteiger partial charge in [-0.1, -0.05) is 19.9 Å². The van der Waals surface area contributed by atoms with Gasteiger partial charge in [-0.05, 0) is 24.6 Å². The summed E-state index contributed by atoms with van der Waals surface area (Å²) in [7, 11) is 0. The molecule has 0 spiro atoms. The molecule has 2 aliphatic rings. The Balaban J connectivity index is 1.57. The Hall–Kier alpha value is -1.22. The van der Waals surface area contributed by atoms with Crippen molar-refractivity contribution in [1.82, 2.24) is 4.90 Å². The predicted molar refractivity (Wildman–Crippen MR) is 74.4 cm³/mol. The van der Waals surface area contributed by atoms with Crippen LogP contribution in [0, 0.1) is 5.41 Å². The molecular formula is C15H22N2O. The van der Waals surface area contributed by atoms with Crippen molar-refractivity contribution in [2.24, 2.45) is 5.41 Å². The zero-order chi connectivity index (χ0) is 12.6. The second kappa shape index (κ2) is 4.47. The first kappa shape index (κ1) is 11.8. The summed E-state index contributed by atoms with van der Waals surface area (Å²) in [5.41, 5.74) is 3.00. The molecule has 3 heteroatoms. The maximum atomic E-state index is 5.96. The standard InChI is InChI=1S/C15H22N2O/c1-3-17-9-15(2,10-17)11-18-13-5-4-12-6-7-16-14(12)8-13/h4-5,8,16H,3,6-7,9-11H2,1-2H3. The van der Waals surface area contributed by atoms with Crippen LogP contribution in [-0.4, -0.2) is 37.7 Å². The number of nitrogens with one attached hydrogen (secondary N) is 1. The Morgan fingerprint density at radius 1 is 1.39 bits per heavy atom. The molecule has 3 nitrogen and oxygen atoms in total. The SMILES string of the molecule is CCN1CC(C)(COc2ccc3c(c2)NCC3)C1. The summed E-state index contributed by atoms with van der Waals surface area (Å²) in [6, 6.07) is 6.43. The lowest BCUT2D eigenvalue weighted by Gasteiger charge is -2.47. The first-order chi connectivity index (χ1) is 8.68. The molecular weight excluding hydrogens is 224 g/mol. The fourth-order valence-corrected chi connectivity index (χ4v) is 2.97. The van der Waals surface area contributed by atoms with E-state index >= 15 is 0 Å². The van der Waals surface area contributed by atoms with Crippen molar-refractivity contribution in [2.75, 3.05) is 38.1 Å². The van der Waals surface area contributed by atoms with Crippen LogP contribution in [0.25, 0.3) is 0 Å². The number of fused-ring (bicyclic) bond motifs is 1. The molecule has 0 atom stereocenters. The molecule has 0 amide bonds. The normalized spacial score (nSPS) is 21.0. The summed E-state index contributed by atoms with van der Waals surface area (Å²) in [5.74, 6) is 0.999. The van der Waals surface area contributed by atoms with E-state index < -0.39 is 0 Å². The number of hydrogen-bond donors (Lipinski definition) is 1. The van der Waals surface area contributed by atoms with Crippen LogP contribution in [0.5, 0.6) is 5.75 Å². The predicted octanol–water partition coefficient (Wildman–Crippen LogP) is 2.38. The smallest absolute Gasteiger partial charge is 0.121 e. The molecule has 1 aromatic carbocycles. The number of nitrogens with zero attached hydrogens (tertiary/aromatic N) is 1. The molecule has 0 unspecified atom stereocenters. The van der Waals surface area contributed by atoms with Crippen LogP contribution < -0.4 is 10.1 Å². The monoisotopic (exact) mass is 246 g/mol. The molecule has 1 saturated heterocycles. The van der Waals surface area contributed by atoms with Gasteiger partial charge in [0.1, 0.15) is 5.75 Å². The number of anilines is 1. The van der Waals surface area contributed by atoms with E-state index in [1.807, 2.05) is 0 Å². The van der Waals surface area contributed by atoms with Crippen LogP contribution >= 0.6 is 0 Å². The van der Waals surface area contributed by atoms with Crippen LogP contribution in [-0.2, 0) is 6.42 Å². The molecule has 1 fully saturated rings. The lowest BCUT2D eigenvalue weighted by atomic mass is 9.83. The van der Waals surface area contributed by atoms with E-state index in [1.54, 1.807) is 0 Å². The van der Waals surface area contributed by atoms with E-state index in [2.05, 4.69) is 42.3 Å². The third kappa shape index (κ3) is 2.19. The van der Waals surface area contributed by atoms with Gasteiger partial charge in [-0.15, -0.1) is 0 Å². The minimum absolute atomic E-state index is 0.336. The highest BCUT2D eigenvalue weighted by Gasteiger charge is 2.38. The lowest BCUT2D eigenvalue weighted by Crippen LogP contribution is -2.57.